The van der Waals surface area contributed by atoms with E-state index in [0.29, 0.717) is 5.56 Å². The molecule has 0 fully saturated rings. The third-order valence-electron chi connectivity index (χ3n) is 4.75. The maximum absolute atomic E-state index is 13.5. The van der Waals surface area contributed by atoms with Gasteiger partial charge in [-0.25, -0.2) is 8.78 Å². The summed E-state index contributed by atoms with van der Waals surface area (Å²) in [5.41, 5.74) is 2.39. The quantitative estimate of drug-likeness (QED) is 0.531. The fraction of sp³-hybridized carbons (Fsp3) is 0.125. The van der Waals surface area contributed by atoms with Crippen molar-refractivity contribution in [1.29, 1.82) is 0 Å². The average molecular weight is 437 g/mol. The lowest BCUT2D eigenvalue weighted by atomic mass is 10.0. The molecular weight excluding hydrogens is 416 g/mol. The molecule has 0 bridgehead atoms. The van der Waals surface area contributed by atoms with Crippen molar-refractivity contribution in [3.05, 3.63) is 95.6 Å². The Morgan fingerprint density at radius 3 is 2.12 bits per heavy atom. The third-order valence-corrected chi connectivity index (χ3v) is 4.75. The van der Waals surface area contributed by atoms with E-state index in [4.69, 9.17) is 0 Å². The zero-order chi connectivity index (χ0) is 23.1. The van der Waals surface area contributed by atoms with Gasteiger partial charge in [0.25, 0.3) is 5.91 Å². The van der Waals surface area contributed by atoms with E-state index in [1.807, 2.05) is 30.3 Å². The van der Waals surface area contributed by atoms with Crippen LogP contribution in [0.4, 0.5) is 8.78 Å². The largest absolute Gasteiger partial charge is 0.357 e. The molecule has 32 heavy (non-hydrogen) atoms. The van der Waals surface area contributed by atoms with Gasteiger partial charge in [0.05, 0.1) is 6.54 Å². The molecule has 0 aliphatic rings. The Labute approximate surface area is 183 Å². The second-order valence-corrected chi connectivity index (χ2v) is 6.91. The Bertz CT molecular complexity index is 1120. The molecule has 0 saturated heterocycles. The van der Waals surface area contributed by atoms with Crippen LogP contribution >= 0.6 is 0 Å². The van der Waals surface area contributed by atoms with E-state index in [9.17, 15) is 23.2 Å². The number of rotatable bonds is 7. The van der Waals surface area contributed by atoms with Crippen molar-refractivity contribution >= 4 is 17.7 Å². The van der Waals surface area contributed by atoms with Crippen LogP contribution in [0.5, 0.6) is 0 Å². The van der Waals surface area contributed by atoms with Gasteiger partial charge in [-0.05, 0) is 41.0 Å². The second kappa shape index (κ2) is 10.3. The van der Waals surface area contributed by atoms with Gasteiger partial charge in [0.2, 0.25) is 11.8 Å². The molecule has 0 aliphatic carbocycles. The van der Waals surface area contributed by atoms with Crippen LogP contribution in [-0.4, -0.2) is 31.3 Å². The predicted molar refractivity (Wildman–Crippen MR) is 116 cm³/mol. The minimum atomic E-state index is -1.25. The molecule has 3 rings (SSSR count). The molecule has 8 heteroatoms. The van der Waals surface area contributed by atoms with Crippen LogP contribution in [0.1, 0.15) is 22.0 Å². The van der Waals surface area contributed by atoms with Crippen LogP contribution in [0.25, 0.3) is 11.1 Å². The summed E-state index contributed by atoms with van der Waals surface area (Å²) in [6.07, 6.45) is 0. The monoisotopic (exact) mass is 437 g/mol. The van der Waals surface area contributed by atoms with Crippen molar-refractivity contribution in [1.82, 2.24) is 16.0 Å². The highest BCUT2D eigenvalue weighted by atomic mass is 19.2. The lowest BCUT2D eigenvalue weighted by Gasteiger charge is -2.18. The number of benzene rings is 3. The van der Waals surface area contributed by atoms with Crippen molar-refractivity contribution < 1.29 is 23.2 Å². The Hall–Kier alpha value is -4.07. The minimum Gasteiger partial charge on any atom is -0.357 e. The van der Waals surface area contributed by atoms with Gasteiger partial charge in [0, 0.05) is 12.6 Å². The van der Waals surface area contributed by atoms with Gasteiger partial charge in [-0.15, -0.1) is 0 Å². The minimum absolute atomic E-state index is 0.0689. The summed E-state index contributed by atoms with van der Waals surface area (Å²) >= 11 is 0. The fourth-order valence-corrected chi connectivity index (χ4v) is 3.06. The van der Waals surface area contributed by atoms with Crippen LogP contribution in [0.2, 0.25) is 0 Å². The number of nitrogens with one attached hydrogen (secondary N) is 3. The number of halogens is 2. The van der Waals surface area contributed by atoms with Gasteiger partial charge >= 0.3 is 0 Å². The molecule has 3 aromatic carbocycles. The first-order chi connectivity index (χ1) is 15.4. The maximum Gasteiger partial charge on any atom is 0.251 e. The average Bonchev–Trinajstić information content (AvgIpc) is 2.83. The van der Waals surface area contributed by atoms with Gasteiger partial charge in [-0.2, -0.15) is 0 Å². The molecule has 164 valence electrons. The molecule has 0 aromatic heterocycles. The normalized spacial score (nSPS) is 11.3. The van der Waals surface area contributed by atoms with Gasteiger partial charge < -0.3 is 16.0 Å². The molecule has 0 heterocycles. The molecule has 0 spiro atoms. The number of amides is 3. The van der Waals surface area contributed by atoms with E-state index in [0.717, 1.165) is 23.3 Å². The van der Waals surface area contributed by atoms with Gasteiger partial charge in [0.15, 0.2) is 11.6 Å². The first-order valence-electron chi connectivity index (χ1n) is 9.78. The first kappa shape index (κ1) is 22.6. The summed E-state index contributed by atoms with van der Waals surface area (Å²) in [5, 5.41) is 7.24. The van der Waals surface area contributed by atoms with Crippen molar-refractivity contribution in [3.8, 4) is 11.1 Å². The van der Waals surface area contributed by atoms with Crippen molar-refractivity contribution in [3.63, 3.8) is 0 Å². The molecule has 1 unspecified atom stereocenters. The molecule has 1 atom stereocenters. The maximum atomic E-state index is 13.5. The summed E-state index contributed by atoms with van der Waals surface area (Å²) < 4.78 is 26.7. The Morgan fingerprint density at radius 1 is 0.844 bits per heavy atom. The predicted octanol–water partition coefficient (Wildman–Crippen LogP) is 2.97. The molecule has 0 saturated carbocycles. The van der Waals surface area contributed by atoms with Crippen LogP contribution < -0.4 is 16.0 Å². The van der Waals surface area contributed by atoms with E-state index in [-0.39, 0.29) is 5.56 Å². The molecule has 0 radical (unpaired) electrons. The smallest absolute Gasteiger partial charge is 0.251 e. The summed E-state index contributed by atoms with van der Waals surface area (Å²) in [5.74, 6) is -3.96. The number of hydrogen-bond acceptors (Lipinski definition) is 3. The number of carbonyl (C=O) groups is 3. The zero-order valence-corrected chi connectivity index (χ0v) is 17.2. The topological polar surface area (TPSA) is 87.3 Å². The van der Waals surface area contributed by atoms with E-state index < -0.39 is 41.9 Å². The van der Waals surface area contributed by atoms with Crippen LogP contribution in [0.3, 0.4) is 0 Å². The molecule has 3 aromatic rings. The summed E-state index contributed by atoms with van der Waals surface area (Å²) in [6, 6.07) is 18.2. The van der Waals surface area contributed by atoms with E-state index in [1.165, 1.54) is 13.1 Å². The van der Waals surface area contributed by atoms with E-state index in [1.54, 1.807) is 24.3 Å². The molecule has 0 aliphatic heterocycles. The molecule has 3 amide bonds. The first-order valence-corrected chi connectivity index (χ1v) is 9.78. The molecule has 3 N–H and O–H groups in total. The van der Waals surface area contributed by atoms with Gasteiger partial charge in [-0.1, -0.05) is 48.5 Å². The van der Waals surface area contributed by atoms with Crippen LogP contribution in [-0.2, 0) is 9.59 Å². The molecule has 6 nitrogen and oxygen atoms in total. The van der Waals surface area contributed by atoms with Gasteiger partial charge in [0.1, 0.15) is 6.04 Å². The second-order valence-electron chi connectivity index (χ2n) is 6.91. The van der Waals surface area contributed by atoms with Gasteiger partial charge in [-0.3, -0.25) is 14.4 Å². The summed E-state index contributed by atoms with van der Waals surface area (Å²) in [6.45, 7) is -0.406. The summed E-state index contributed by atoms with van der Waals surface area (Å²) in [7, 11) is 1.35. The lowest BCUT2D eigenvalue weighted by molar-refractivity contribution is -0.128. The summed E-state index contributed by atoms with van der Waals surface area (Å²) in [4.78, 5) is 36.8. The van der Waals surface area contributed by atoms with Crippen LogP contribution in [0.15, 0.2) is 72.8 Å². The highest BCUT2D eigenvalue weighted by Crippen LogP contribution is 2.19. The highest BCUT2D eigenvalue weighted by molar-refractivity contribution is 5.97. The van der Waals surface area contributed by atoms with Crippen molar-refractivity contribution in [2.24, 2.45) is 0 Å². The third kappa shape index (κ3) is 5.54. The van der Waals surface area contributed by atoms with E-state index in [2.05, 4.69) is 16.0 Å². The number of hydrogen-bond donors (Lipinski definition) is 3. The Balaban J connectivity index is 1.61. The zero-order valence-electron chi connectivity index (χ0n) is 17.2. The highest BCUT2D eigenvalue weighted by Gasteiger charge is 2.23. The number of carbonyl (C=O) groups excluding carboxylic acids is 3. The van der Waals surface area contributed by atoms with Crippen molar-refractivity contribution in [2.75, 3.05) is 13.6 Å². The number of likely N-dealkylation sites (N-methyl/N-ethyl adjacent to an activating group) is 1. The standard InChI is InChI=1S/C24H21F2N3O3/c1-27-24(32)22(18-11-12-19(25)20(26)13-18)29-21(30)14-28-23(31)17-9-7-16(8-10-17)15-5-3-2-4-6-15/h2-13,22H,14H2,1H3,(H,27,32)(H,28,31)(H,29,30). The SMILES string of the molecule is CNC(=O)C(NC(=O)CNC(=O)c1ccc(-c2ccccc2)cc1)c1ccc(F)c(F)c1. The lowest BCUT2D eigenvalue weighted by Crippen LogP contribution is -2.43. The Kier molecular flexibility index (Phi) is 7.28. The molecular formula is C24H21F2N3O3. The van der Waals surface area contributed by atoms with Crippen molar-refractivity contribution in [2.45, 2.75) is 6.04 Å². The Morgan fingerprint density at radius 2 is 1.50 bits per heavy atom. The fourth-order valence-electron chi connectivity index (χ4n) is 3.06. The van der Waals surface area contributed by atoms with E-state index >= 15 is 0 Å². The van der Waals surface area contributed by atoms with Crippen LogP contribution in [0, 0.1) is 11.6 Å².